The SMILES string of the molecule is NCCOCCCC(=O)N1CCN(C(=O)[C@]2(Sc3ccccc3)CC(=O)N(Cc3ccc(Cl)c(F)c3)[C@H]2c2c[nH]c3cc(Cl)ccc23)CC1. The van der Waals surface area contributed by atoms with E-state index in [2.05, 4.69) is 4.98 Å². The molecule has 0 bridgehead atoms. The van der Waals surface area contributed by atoms with Gasteiger partial charge >= 0.3 is 0 Å². The molecule has 2 saturated heterocycles. The van der Waals surface area contributed by atoms with Gasteiger partial charge < -0.3 is 30.2 Å². The van der Waals surface area contributed by atoms with Crippen LogP contribution in [0.3, 0.4) is 0 Å². The number of carbonyl (C=O) groups excluding carboxylic acids is 3. The number of benzene rings is 3. The second kappa shape index (κ2) is 15.5. The molecule has 0 unspecified atom stereocenters. The molecule has 2 aliphatic heterocycles. The van der Waals surface area contributed by atoms with Crippen LogP contribution in [-0.4, -0.2) is 88.1 Å². The van der Waals surface area contributed by atoms with E-state index in [0.29, 0.717) is 69.4 Å². The van der Waals surface area contributed by atoms with Crippen molar-refractivity contribution in [1.29, 1.82) is 0 Å². The van der Waals surface area contributed by atoms with Crippen LogP contribution in [0.4, 0.5) is 4.39 Å². The van der Waals surface area contributed by atoms with Crippen LogP contribution >= 0.6 is 35.0 Å². The van der Waals surface area contributed by atoms with Gasteiger partial charge in [-0.3, -0.25) is 14.4 Å². The number of hydrogen-bond acceptors (Lipinski definition) is 6. The van der Waals surface area contributed by atoms with Crippen LogP contribution in [0.2, 0.25) is 10.0 Å². The molecule has 9 nitrogen and oxygen atoms in total. The Labute approximate surface area is 298 Å². The predicted octanol–water partition coefficient (Wildman–Crippen LogP) is 6.04. The molecule has 0 aliphatic carbocycles. The number of aromatic amines is 1. The summed E-state index contributed by atoms with van der Waals surface area (Å²) in [5.74, 6) is -0.980. The Kier molecular flexibility index (Phi) is 11.2. The minimum Gasteiger partial charge on any atom is -0.380 e. The maximum absolute atomic E-state index is 15.1. The standard InChI is InChI=1S/C36H38Cl2FN5O4S/c37-25-9-10-27-28(22-41-31(27)20-25)34-36(49-26-5-2-1-3-6-26,21-33(46)44(34)23-24-8-11-29(38)30(39)19-24)35(47)43-15-13-42(14-16-43)32(45)7-4-17-48-18-12-40/h1-3,5-6,8-11,19-20,22,34,41H,4,7,12-18,21,23,40H2/t34-,36-/m0/s1. The first-order valence-electron chi connectivity index (χ1n) is 16.3. The molecule has 6 rings (SSSR count). The maximum Gasteiger partial charge on any atom is 0.242 e. The summed E-state index contributed by atoms with van der Waals surface area (Å²) in [6, 6.07) is 18.8. The van der Waals surface area contributed by atoms with E-state index in [1.807, 2.05) is 48.7 Å². The van der Waals surface area contributed by atoms with Gasteiger partial charge in [0, 0.05) is 84.9 Å². The van der Waals surface area contributed by atoms with E-state index in [1.54, 1.807) is 26.8 Å². The number of amides is 3. The Morgan fingerprint density at radius 1 is 1.00 bits per heavy atom. The van der Waals surface area contributed by atoms with Gasteiger partial charge in [-0.05, 0) is 48.4 Å². The molecule has 258 valence electrons. The molecule has 4 aromatic rings. The third kappa shape index (κ3) is 7.61. The Balaban J connectivity index is 1.35. The average Bonchev–Trinajstić information content (AvgIpc) is 3.63. The summed E-state index contributed by atoms with van der Waals surface area (Å²) in [7, 11) is 0. The van der Waals surface area contributed by atoms with Gasteiger partial charge in [-0.1, -0.05) is 53.5 Å². The smallest absolute Gasteiger partial charge is 0.242 e. The molecule has 3 heterocycles. The Morgan fingerprint density at radius 2 is 1.76 bits per heavy atom. The fraction of sp³-hybridized carbons (Fsp3) is 0.361. The van der Waals surface area contributed by atoms with Gasteiger partial charge in [0.2, 0.25) is 17.7 Å². The van der Waals surface area contributed by atoms with E-state index >= 15 is 4.79 Å². The van der Waals surface area contributed by atoms with Crippen LogP contribution < -0.4 is 5.73 Å². The highest BCUT2D eigenvalue weighted by Gasteiger charge is 2.60. The van der Waals surface area contributed by atoms with Crippen molar-refractivity contribution in [2.75, 3.05) is 45.9 Å². The fourth-order valence-electron chi connectivity index (χ4n) is 6.72. The van der Waals surface area contributed by atoms with E-state index in [-0.39, 0.29) is 35.7 Å². The number of rotatable bonds is 12. The van der Waals surface area contributed by atoms with Crippen molar-refractivity contribution in [2.45, 2.75) is 41.5 Å². The highest BCUT2D eigenvalue weighted by Crippen LogP contribution is 2.55. The van der Waals surface area contributed by atoms with Gasteiger partial charge in [-0.2, -0.15) is 0 Å². The number of piperazine rings is 1. The number of fused-ring (bicyclic) bond motifs is 1. The van der Waals surface area contributed by atoms with Gasteiger partial charge in [0.05, 0.1) is 24.1 Å². The molecule has 3 N–H and O–H groups in total. The molecule has 2 aliphatic rings. The van der Waals surface area contributed by atoms with E-state index in [0.717, 1.165) is 21.4 Å². The van der Waals surface area contributed by atoms with Gasteiger partial charge in [-0.25, -0.2) is 4.39 Å². The van der Waals surface area contributed by atoms with Crippen LogP contribution in [0.5, 0.6) is 0 Å². The summed E-state index contributed by atoms with van der Waals surface area (Å²) in [5, 5.41) is 1.37. The fourth-order valence-corrected chi connectivity index (χ4v) is 8.50. The highest BCUT2D eigenvalue weighted by atomic mass is 35.5. The lowest BCUT2D eigenvalue weighted by Crippen LogP contribution is -2.57. The molecule has 2 atom stereocenters. The summed E-state index contributed by atoms with van der Waals surface area (Å²) in [4.78, 5) is 51.7. The van der Waals surface area contributed by atoms with Crippen molar-refractivity contribution in [3.63, 3.8) is 0 Å². The zero-order valence-corrected chi connectivity index (χ0v) is 29.2. The number of thioether (sulfide) groups is 1. The molecule has 49 heavy (non-hydrogen) atoms. The largest absolute Gasteiger partial charge is 0.380 e. The maximum atomic E-state index is 15.1. The molecule has 0 spiro atoms. The highest BCUT2D eigenvalue weighted by molar-refractivity contribution is 8.01. The first-order valence-corrected chi connectivity index (χ1v) is 17.9. The van der Waals surface area contributed by atoms with Gasteiger partial charge in [0.15, 0.2) is 0 Å². The van der Waals surface area contributed by atoms with E-state index < -0.39 is 16.6 Å². The van der Waals surface area contributed by atoms with Crippen LogP contribution in [0, 0.1) is 5.82 Å². The first-order chi connectivity index (χ1) is 23.7. The normalized spacial score (nSPS) is 19.6. The minimum atomic E-state index is -1.29. The minimum absolute atomic E-state index is 0.0109. The monoisotopic (exact) mass is 725 g/mol. The second-order valence-corrected chi connectivity index (χ2v) is 14.5. The van der Waals surface area contributed by atoms with Crippen molar-refractivity contribution in [3.8, 4) is 0 Å². The number of carbonyl (C=O) groups is 3. The molecular weight excluding hydrogens is 688 g/mol. The summed E-state index contributed by atoms with van der Waals surface area (Å²) in [5.41, 5.74) is 7.55. The van der Waals surface area contributed by atoms with Crippen molar-refractivity contribution in [2.24, 2.45) is 5.73 Å². The van der Waals surface area contributed by atoms with Crippen molar-refractivity contribution < 1.29 is 23.5 Å². The molecule has 13 heteroatoms. The molecule has 3 amide bonds. The number of nitrogens with two attached hydrogens (primary N) is 1. The van der Waals surface area contributed by atoms with E-state index in [4.69, 9.17) is 33.7 Å². The lowest BCUT2D eigenvalue weighted by atomic mass is 9.90. The summed E-state index contributed by atoms with van der Waals surface area (Å²) in [6.07, 6.45) is 2.71. The van der Waals surface area contributed by atoms with E-state index in [9.17, 15) is 14.0 Å². The van der Waals surface area contributed by atoms with Crippen LogP contribution in [0.15, 0.2) is 77.8 Å². The van der Waals surface area contributed by atoms with Gasteiger partial charge in [0.25, 0.3) is 0 Å². The van der Waals surface area contributed by atoms with Gasteiger partial charge in [0.1, 0.15) is 10.6 Å². The zero-order valence-electron chi connectivity index (χ0n) is 26.9. The average molecular weight is 727 g/mol. The number of nitrogens with one attached hydrogen (secondary N) is 1. The Hall–Kier alpha value is -3.61. The number of likely N-dealkylation sites (tertiary alicyclic amines) is 1. The molecule has 1 aromatic heterocycles. The third-order valence-electron chi connectivity index (χ3n) is 9.06. The lowest BCUT2D eigenvalue weighted by Gasteiger charge is -2.42. The quantitative estimate of drug-likeness (QED) is 0.172. The van der Waals surface area contributed by atoms with E-state index in [1.165, 1.54) is 23.9 Å². The number of ether oxygens (including phenoxy) is 1. The van der Waals surface area contributed by atoms with Crippen LogP contribution in [0.25, 0.3) is 10.9 Å². The topological polar surface area (TPSA) is 112 Å². The summed E-state index contributed by atoms with van der Waals surface area (Å²) >= 11 is 13.7. The van der Waals surface area contributed by atoms with Crippen molar-refractivity contribution >= 4 is 63.6 Å². The molecule has 0 radical (unpaired) electrons. The van der Waals surface area contributed by atoms with Gasteiger partial charge in [-0.15, -0.1) is 11.8 Å². The van der Waals surface area contributed by atoms with Crippen molar-refractivity contribution in [3.05, 3.63) is 99.9 Å². The van der Waals surface area contributed by atoms with Crippen LogP contribution in [-0.2, 0) is 25.7 Å². The Morgan fingerprint density at radius 3 is 2.49 bits per heavy atom. The predicted molar refractivity (Wildman–Crippen MR) is 190 cm³/mol. The first kappa shape index (κ1) is 35.2. The number of aromatic nitrogens is 1. The molecular formula is C36H38Cl2FN5O4S. The second-order valence-electron chi connectivity index (χ2n) is 12.3. The summed E-state index contributed by atoms with van der Waals surface area (Å²) < 4.78 is 18.7. The molecule has 0 saturated carbocycles. The van der Waals surface area contributed by atoms with Crippen molar-refractivity contribution in [1.82, 2.24) is 19.7 Å². The number of nitrogens with zero attached hydrogens (tertiary/aromatic N) is 3. The lowest BCUT2D eigenvalue weighted by molar-refractivity contribution is -0.141. The van der Waals surface area contributed by atoms with Crippen LogP contribution in [0.1, 0.15) is 36.4 Å². The number of halogens is 3. The Bertz CT molecular complexity index is 1820. The number of H-pyrrole nitrogens is 1. The number of hydrogen-bond donors (Lipinski definition) is 2. The zero-order chi connectivity index (χ0) is 34.5. The molecule has 2 fully saturated rings. The summed E-state index contributed by atoms with van der Waals surface area (Å²) in [6.45, 7) is 2.87. The molecule has 3 aromatic carbocycles. The third-order valence-corrected chi connectivity index (χ3v) is 11.0.